The van der Waals surface area contributed by atoms with Gasteiger partial charge in [0.15, 0.2) is 5.82 Å². The summed E-state index contributed by atoms with van der Waals surface area (Å²) >= 11 is 6.42. The summed E-state index contributed by atoms with van der Waals surface area (Å²) in [6.45, 7) is 2.72. The summed E-state index contributed by atoms with van der Waals surface area (Å²) in [7, 11) is 0. The molecule has 39 heavy (non-hydrogen) atoms. The van der Waals surface area contributed by atoms with Gasteiger partial charge in [-0.1, -0.05) is 59.6 Å². The minimum atomic E-state index is -1.11. The second-order valence-electron chi connectivity index (χ2n) is 9.92. The van der Waals surface area contributed by atoms with E-state index in [2.05, 4.69) is 5.32 Å². The second-order valence-corrected chi connectivity index (χ2v) is 10.3. The molecular weight excluding hydrogens is 518 g/mol. The van der Waals surface area contributed by atoms with Gasteiger partial charge in [-0.3, -0.25) is 14.2 Å². The van der Waals surface area contributed by atoms with Crippen molar-refractivity contribution in [1.29, 1.82) is 0 Å². The standard InChI is InChI=1S/C29H30ClN5O4/c1-19-8-10-22(11-9-19)27(36)33(17-5-16-31-29(38)39)25(21-12-13-21)26-32-35-23(14-15-24(35)30)28(37)34(26)18-20-6-3-2-4-7-20/h2-4,6-11,14-15,21,25,31H,5,12-13,16-18H2,1H3,(H,38,39). The Bertz CT molecular complexity index is 1540. The third kappa shape index (κ3) is 5.83. The quantitative estimate of drug-likeness (QED) is 0.278. The average molecular weight is 548 g/mol. The maximum atomic E-state index is 14.0. The lowest BCUT2D eigenvalue weighted by atomic mass is 10.1. The molecule has 0 bridgehead atoms. The Kier molecular flexibility index (Phi) is 7.70. The number of benzene rings is 2. The van der Waals surface area contributed by atoms with E-state index in [0.29, 0.717) is 28.5 Å². The molecule has 0 spiro atoms. The van der Waals surface area contributed by atoms with Gasteiger partial charge in [0.1, 0.15) is 10.7 Å². The molecule has 1 fully saturated rings. The number of hydrogen-bond acceptors (Lipinski definition) is 4. The number of hydrogen-bond donors (Lipinski definition) is 2. The summed E-state index contributed by atoms with van der Waals surface area (Å²) in [5.41, 5.74) is 2.61. The number of nitrogens with zero attached hydrogens (tertiary/aromatic N) is 4. The number of fused-ring (bicyclic) bond motifs is 1. The van der Waals surface area contributed by atoms with Gasteiger partial charge in [-0.25, -0.2) is 9.31 Å². The number of carboxylic acid groups (broad SMARTS) is 1. The summed E-state index contributed by atoms with van der Waals surface area (Å²) in [6.07, 6.45) is 1.06. The molecule has 2 heterocycles. The molecule has 2 aromatic carbocycles. The molecule has 202 valence electrons. The summed E-state index contributed by atoms with van der Waals surface area (Å²) < 4.78 is 3.09. The SMILES string of the molecule is Cc1ccc(C(=O)N(CCCNC(=O)O)C(c2nn3c(Cl)ccc3c(=O)n2Cc2ccccc2)C2CC2)cc1. The van der Waals surface area contributed by atoms with Crippen molar-refractivity contribution in [3.63, 3.8) is 0 Å². The summed E-state index contributed by atoms with van der Waals surface area (Å²) in [4.78, 5) is 40.6. The molecule has 0 radical (unpaired) electrons. The number of nitrogens with one attached hydrogen (secondary N) is 1. The molecule has 5 rings (SSSR count). The first-order chi connectivity index (χ1) is 18.8. The fourth-order valence-corrected chi connectivity index (χ4v) is 5.09. The van der Waals surface area contributed by atoms with Gasteiger partial charge in [0.2, 0.25) is 0 Å². The van der Waals surface area contributed by atoms with Crippen molar-refractivity contribution in [2.75, 3.05) is 13.1 Å². The molecule has 2 N–H and O–H groups in total. The Morgan fingerprint density at radius 3 is 2.49 bits per heavy atom. The van der Waals surface area contributed by atoms with Crippen molar-refractivity contribution in [1.82, 2.24) is 24.4 Å². The van der Waals surface area contributed by atoms with E-state index in [9.17, 15) is 14.4 Å². The number of aromatic nitrogens is 3. The fraction of sp³-hybridized carbons (Fsp3) is 0.310. The van der Waals surface area contributed by atoms with E-state index in [4.69, 9.17) is 21.8 Å². The zero-order valence-corrected chi connectivity index (χ0v) is 22.3. The maximum Gasteiger partial charge on any atom is 0.404 e. The van der Waals surface area contributed by atoms with Crippen LogP contribution in [0.25, 0.3) is 5.52 Å². The van der Waals surface area contributed by atoms with Crippen LogP contribution in [0, 0.1) is 12.8 Å². The van der Waals surface area contributed by atoms with Crippen molar-refractivity contribution in [3.8, 4) is 0 Å². The van der Waals surface area contributed by atoms with E-state index >= 15 is 0 Å². The highest BCUT2D eigenvalue weighted by atomic mass is 35.5. The third-order valence-corrected chi connectivity index (χ3v) is 7.30. The smallest absolute Gasteiger partial charge is 0.404 e. The largest absolute Gasteiger partial charge is 0.465 e. The molecule has 2 aromatic heterocycles. The van der Waals surface area contributed by atoms with Gasteiger partial charge < -0.3 is 15.3 Å². The first-order valence-electron chi connectivity index (χ1n) is 13.0. The lowest BCUT2D eigenvalue weighted by Crippen LogP contribution is -2.42. The predicted octanol–water partition coefficient (Wildman–Crippen LogP) is 4.76. The van der Waals surface area contributed by atoms with E-state index in [0.717, 1.165) is 24.0 Å². The molecule has 4 aromatic rings. The molecule has 0 aliphatic heterocycles. The minimum absolute atomic E-state index is 0.104. The van der Waals surface area contributed by atoms with Gasteiger partial charge >= 0.3 is 6.09 Å². The maximum absolute atomic E-state index is 14.0. The Labute approximate surface area is 230 Å². The first-order valence-corrected chi connectivity index (χ1v) is 13.4. The lowest BCUT2D eigenvalue weighted by molar-refractivity contribution is 0.0631. The van der Waals surface area contributed by atoms with Gasteiger partial charge in [0, 0.05) is 18.7 Å². The topological polar surface area (TPSA) is 109 Å². The van der Waals surface area contributed by atoms with Crippen LogP contribution in [0.5, 0.6) is 0 Å². The highest BCUT2D eigenvalue weighted by molar-refractivity contribution is 6.29. The summed E-state index contributed by atoms with van der Waals surface area (Å²) in [6, 6.07) is 19.8. The van der Waals surface area contributed by atoms with Gasteiger partial charge in [-0.05, 0) is 61.9 Å². The highest BCUT2D eigenvalue weighted by Gasteiger charge is 2.42. The molecule has 1 aliphatic carbocycles. The number of halogens is 1. The van der Waals surface area contributed by atoms with Crippen LogP contribution in [-0.2, 0) is 6.54 Å². The zero-order valence-electron chi connectivity index (χ0n) is 21.6. The number of rotatable bonds is 10. The zero-order chi connectivity index (χ0) is 27.5. The van der Waals surface area contributed by atoms with Crippen molar-refractivity contribution >= 4 is 29.1 Å². The van der Waals surface area contributed by atoms with Gasteiger partial charge in [0.25, 0.3) is 11.5 Å². The molecule has 10 heteroatoms. The van der Waals surface area contributed by atoms with Crippen LogP contribution in [0.15, 0.2) is 71.5 Å². The van der Waals surface area contributed by atoms with Crippen LogP contribution in [0.3, 0.4) is 0 Å². The van der Waals surface area contributed by atoms with Crippen LogP contribution >= 0.6 is 11.6 Å². The van der Waals surface area contributed by atoms with Crippen molar-refractivity contribution in [2.24, 2.45) is 5.92 Å². The van der Waals surface area contributed by atoms with Crippen LogP contribution in [0.4, 0.5) is 4.79 Å². The minimum Gasteiger partial charge on any atom is -0.465 e. The van der Waals surface area contributed by atoms with Crippen LogP contribution in [0.1, 0.15) is 52.6 Å². The highest BCUT2D eigenvalue weighted by Crippen LogP contribution is 2.44. The van der Waals surface area contributed by atoms with Crippen molar-refractivity contribution in [2.45, 2.75) is 38.8 Å². The fourth-order valence-electron chi connectivity index (χ4n) is 4.89. The molecular formula is C29H30ClN5O4. The molecule has 9 nitrogen and oxygen atoms in total. The summed E-state index contributed by atoms with van der Waals surface area (Å²) in [5.74, 6) is 0.373. The van der Waals surface area contributed by atoms with E-state index in [1.54, 1.807) is 33.7 Å². The molecule has 1 saturated carbocycles. The number of aryl methyl sites for hydroxylation is 1. The number of carbonyl (C=O) groups is 2. The molecule has 1 atom stereocenters. The number of amides is 2. The molecule has 0 saturated heterocycles. The van der Waals surface area contributed by atoms with Gasteiger partial charge in [-0.15, -0.1) is 0 Å². The Morgan fingerprint density at radius 2 is 1.82 bits per heavy atom. The normalized spacial score (nSPS) is 13.8. The van der Waals surface area contributed by atoms with E-state index in [1.165, 1.54) is 4.52 Å². The monoisotopic (exact) mass is 547 g/mol. The van der Waals surface area contributed by atoms with Crippen LogP contribution in [-0.4, -0.2) is 49.3 Å². The molecule has 2 amide bonds. The van der Waals surface area contributed by atoms with E-state index in [-0.39, 0.29) is 37.0 Å². The van der Waals surface area contributed by atoms with E-state index < -0.39 is 12.1 Å². The lowest BCUT2D eigenvalue weighted by Gasteiger charge is -2.33. The molecule has 1 unspecified atom stereocenters. The van der Waals surface area contributed by atoms with Crippen LogP contribution < -0.4 is 10.9 Å². The average Bonchev–Trinajstić information content (AvgIpc) is 3.70. The number of carbonyl (C=O) groups excluding carboxylic acids is 1. The first kappa shape index (κ1) is 26.5. The van der Waals surface area contributed by atoms with Crippen molar-refractivity contribution < 1.29 is 14.7 Å². The predicted molar refractivity (Wildman–Crippen MR) is 148 cm³/mol. The Hall–Kier alpha value is -4.11. The van der Waals surface area contributed by atoms with Gasteiger partial charge in [-0.2, -0.15) is 5.10 Å². The Morgan fingerprint density at radius 1 is 1.10 bits per heavy atom. The second kappa shape index (κ2) is 11.3. The van der Waals surface area contributed by atoms with Crippen molar-refractivity contribution in [3.05, 3.63) is 105 Å². The van der Waals surface area contributed by atoms with Gasteiger partial charge in [0.05, 0.1) is 12.6 Å². The Balaban J connectivity index is 1.63. The molecule has 1 aliphatic rings. The summed E-state index contributed by atoms with van der Waals surface area (Å²) in [5, 5.41) is 16.6. The van der Waals surface area contributed by atoms with E-state index in [1.807, 2.05) is 49.4 Å². The van der Waals surface area contributed by atoms with Crippen LogP contribution in [0.2, 0.25) is 5.15 Å². The third-order valence-electron chi connectivity index (χ3n) is 7.02.